The number of rotatable bonds is 7. The van der Waals surface area contributed by atoms with Gasteiger partial charge in [0.15, 0.2) is 6.61 Å². The van der Waals surface area contributed by atoms with Gasteiger partial charge in [0.25, 0.3) is 5.91 Å². The molecule has 24 heavy (non-hydrogen) atoms. The highest BCUT2D eigenvalue weighted by atomic mass is 16.7. The number of nitro groups is 1. The van der Waals surface area contributed by atoms with E-state index in [1.165, 1.54) is 0 Å². The summed E-state index contributed by atoms with van der Waals surface area (Å²) < 4.78 is 14.8. The lowest BCUT2D eigenvalue weighted by atomic mass is 10.3. The number of nitrogens with one attached hydrogen (secondary N) is 1. The van der Waals surface area contributed by atoms with Crippen LogP contribution < -0.4 is 10.1 Å². The van der Waals surface area contributed by atoms with E-state index in [0.29, 0.717) is 18.0 Å². The molecule has 0 atom stereocenters. The number of furan rings is 1. The molecule has 9 heteroatoms. The minimum absolute atomic E-state index is 0.357. The molecule has 0 saturated carbocycles. The first-order valence-corrected chi connectivity index (χ1v) is 6.94. The molecule has 0 fully saturated rings. The highest BCUT2D eigenvalue weighted by Gasteiger charge is 2.19. The summed E-state index contributed by atoms with van der Waals surface area (Å²) >= 11 is 0. The fourth-order valence-corrected chi connectivity index (χ4v) is 1.78. The molecule has 0 spiro atoms. The Hall–Kier alpha value is -3.36. The Morgan fingerprint density at radius 2 is 2.00 bits per heavy atom. The second-order valence-corrected chi connectivity index (χ2v) is 4.45. The van der Waals surface area contributed by atoms with E-state index >= 15 is 0 Å². The van der Waals surface area contributed by atoms with Crippen molar-refractivity contribution in [3.63, 3.8) is 0 Å². The van der Waals surface area contributed by atoms with Crippen LogP contribution in [0.5, 0.6) is 5.75 Å². The van der Waals surface area contributed by atoms with Crippen LogP contribution in [0.4, 0.5) is 11.6 Å². The monoisotopic (exact) mass is 334 g/mol. The molecule has 0 aliphatic carbocycles. The largest absolute Gasteiger partial charge is 0.492 e. The standard InChI is InChI=1S/C15H14N2O7/c1-2-22-11-6-4-3-5-10(11)16-13(18)9-23-15(19)12-7-8-14(24-12)17(20)21/h3-8H,2,9H2,1H3,(H,16,18). The van der Waals surface area contributed by atoms with Gasteiger partial charge in [-0.1, -0.05) is 12.1 Å². The molecule has 1 heterocycles. The van der Waals surface area contributed by atoms with Gasteiger partial charge in [-0.3, -0.25) is 14.9 Å². The number of carbonyl (C=O) groups is 2. The third-order valence-electron chi connectivity index (χ3n) is 2.77. The van der Waals surface area contributed by atoms with Crippen LogP contribution in [0.15, 0.2) is 40.8 Å². The second kappa shape index (κ2) is 7.77. The van der Waals surface area contributed by atoms with E-state index in [4.69, 9.17) is 9.47 Å². The van der Waals surface area contributed by atoms with E-state index in [2.05, 4.69) is 9.73 Å². The fraction of sp³-hybridized carbons (Fsp3) is 0.200. The fourth-order valence-electron chi connectivity index (χ4n) is 1.78. The van der Waals surface area contributed by atoms with Gasteiger partial charge in [0.05, 0.1) is 18.4 Å². The van der Waals surface area contributed by atoms with Gasteiger partial charge in [0.1, 0.15) is 10.7 Å². The molecule has 2 aromatic rings. The van der Waals surface area contributed by atoms with Crippen LogP contribution in [0.2, 0.25) is 0 Å². The lowest BCUT2D eigenvalue weighted by Crippen LogP contribution is -2.21. The van der Waals surface area contributed by atoms with Gasteiger partial charge in [0.2, 0.25) is 5.76 Å². The highest BCUT2D eigenvalue weighted by Crippen LogP contribution is 2.23. The van der Waals surface area contributed by atoms with Crippen molar-refractivity contribution in [2.45, 2.75) is 6.92 Å². The SMILES string of the molecule is CCOc1ccccc1NC(=O)COC(=O)c1ccc([N+](=O)[O-])o1. The van der Waals surface area contributed by atoms with Gasteiger partial charge in [-0.05, 0) is 25.1 Å². The Morgan fingerprint density at radius 3 is 2.67 bits per heavy atom. The maximum absolute atomic E-state index is 11.8. The van der Waals surface area contributed by atoms with E-state index in [1.807, 2.05) is 6.92 Å². The number of amides is 1. The van der Waals surface area contributed by atoms with Crippen molar-refractivity contribution in [2.75, 3.05) is 18.5 Å². The van der Waals surface area contributed by atoms with E-state index in [1.54, 1.807) is 24.3 Å². The first kappa shape index (κ1) is 17.0. The van der Waals surface area contributed by atoms with E-state index in [0.717, 1.165) is 12.1 Å². The van der Waals surface area contributed by atoms with Crippen LogP contribution in [-0.2, 0) is 9.53 Å². The predicted octanol–water partition coefficient (Wildman–Crippen LogP) is 2.38. The third-order valence-corrected chi connectivity index (χ3v) is 2.77. The second-order valence-electron chi connectivity index (χ2n) is 4.45. The van der Waals surface area contributed by atoms with Gasteiger partial charge >= 0.3 is 11.9 Å². The first-order chi connectivity index (χ1) is 11.5. The summed E-state index contributed by atoms with van der Waals surface area (Å²) in [6.07, 6.45) is 0. The zero-order valence-electron chi connectivity index (χ0n) is 12.7. The van der Waals surface area contributed by atoms with E-state index < -0.39 is 29.3 Å². The summed E-state index contributed by atoms with van der Waals surface area (Å²) in [5, 5.41) is 13.0. The molecule has 0 radical (unpaired) electrons. The number of esters is 1. The molecule has 0 saturated heterocycles. The zero-order valence-corrected chi connectivity index (χ0v) is 12.7. The van der Waals surface area contributed by atoms with Crippen LogP contribution >= 0.6 is 0 Å². The maximum Gasteiger partial charge on any atom is 0.433 e. The van der Waals surface area contributed by atoms with Gasteiger partial charge in [0, 0.05) is 0 Å². The normalized spacial score (nSPS) is 10.0. The number of nitrogens with zero attached hydrogens (tertiary/aromatic N) is 1. The summed E-state index contributed by atoms with van der Waals surface area (Å²) in [6, 6.07) is 8.92. The molecule has 1 aromatic carbocycles. The molecular weight excluding hydrogens is 320 g/mol. The minimum Gasteiger partial charge on any atom is -0.492 e. The number of hydrogen-bond acceptors (Lipinski definition) is 7. The number of ether oxygens (including phenoxy) is 2. The molecule has 0 bridgehead atoms. The predicted molar refractivity (Wildman–Crippen MR) is 81.9 cm³/mol. The lowest BCUT2D eigenvalue weighted by molar-refractivity contribution is -0.402. The third kappa shape index (κ3) is 4.32. The Labute approximate surface area is 136 Å². The van der Waals surface area contributed by atoms with Crippen molar-refractivity contribution in [1.29, 1.82) is 0 Å². The number of para-hydroxylation sites is 2. The topological polar surface area (TPSA) is 121 Å². The highest BCUT2D eigenvalue weighted by molar-refractivity contribution is 5.95. The molecule has 9 nitrogen and oxygen atoms in total. The van der Waals surface area contributed by atoms with E-state index in [9.17, 15) is 19.7 Å². The molecule has 1 aromatic heterocycles. The molecule has 0 aliphatic rings. The average Bonchev–Trinajstić information content (AvgIpc) is 3.05. The number of anilines is 1. The quantitative estimate of drug-likeness (QED) is 0.468. The van der Waals surface area contributed by atoms with Crippen LogP contribution in [0, 0.1) is 10.1 Å². The van der Waals surface area contributed by atoms with Crippen molar-refractivity contribution >= 4 is 23.4 Å². The van der Waals surface area contributed by atoms with Gasteiger partial charge in [-0.15, -0.1) is 0 Å². The molecule has 1 amide bonds. The van der Waals surface area contributed by atoms with Crippen LogP contribution in [0.1, 0.15) is 17.5 Å². The lowest BCUT2D eigenvalue weighted by Gasteiger charge is -2.11. The number of carbonyl (C=O) groups excluding carboxylic acids is 2. The smallest absolute Gasteiger partial charge is 0.433 e. The van der Waals surface area contributed by atoms with Crippen LogP contribution in [0.3, 0.4) is 0 Å². The van der Waals surface area contributed by atoms with Crippen molar-refractivity contribution in [2.24, 2.45) is 0 Å². The molecule has 1 N–H and O–H groups in total. The molecule has 126 valence electrons. The Balaban J connectivity index is 1.91. The van der Waals surface area contributed by atoms with Crippen molar-refractivity contribution in [3.05, 3.63) is 52.3 Å². The molecule has 2 rings (SSSR count). The Kier molecular flexibility index (Phi) is 5.50. The molecule has 0 unspecified atom stereocenters. The minimum atomic E-state index is -0.976. The van der Waals surface area contributed by atoms with Gasteiger partial charge in [-0.2, -0.15) is 0 Å². The van der Waals surface area contributed by atoms with Gasteiger partial charge in [-0.25, -0.2) is 4.79 Å². The summed E-state index contributed by atoms with van der Waals surface area (Å²) in [5.41, 5.74) is 0.439. The number of hydrogen-bond donors (Lipinski definition) is 1. The summed E-state index contributed by atoms with van der Waals surface area (Å²) in [6.45, 7) is 1.66. The maximum atomic E-state index is 11.8. The molecule has 0 aliphatic heterocycles. The summed E-state index contributed by atoms with van der Waals surface area (Å²) in [7, 11) is 0. The van der Waals surface area contributed by atoms with Crippen molar-refractivity contribution in [3.8, 4) is 5.75 Å². The van der Waals surface area contributed by atoms with Crippen LogP contribution in [-0.4, -0.2) is 30.0 Å². The molecular formula is C15H14N2O7. The summed E-state index contributed by atoms with van der Waals surface area (Å²) in [4.78, 5) is 33.2. The summed E-state index contributed by atoms with van der Waals surface area (Å²) in [5.74, 6) is -2.02. The van der Waals surface area contributed by atoms with E-state index in [-0.39, 0.29) is 5.76 Å². The Morgan fingerprint density at radius 1 is 1.25 bits per heavy atom. The number of benzene rings is 1. The van der Waals surface area contributed by atoms with Crippen LogP contribution in [0.25, 0.3) is 0 Å². The first-order valence-electron chi connectivity index (χ1n) is 6.94. The average molecular weight is 334 g/mol. The van der Waals surface area contributed by atoms with Crippen molar-refractivity contribution < 1.29 is 28.4 Å². The Bertz CT molecular complexity index is 754. The zero-order chi connectivity index (χ0) is 17.5. The van der Waals surface area contributed by atoms with Crippen molar-refractivity contribution in [1.82, 2.24) is 0 Å². The van der Waals surface area contributed by atoms with Gasteiger partial charge < -0.3 is 19.2 Å².